The van der Waals surface area contributed by atoms with E-state index in [0.717, 1.165) is 33.3 Å². The zero-order valence-electron chi connectivity index (χ0n) is 41.4. The molecule has 1 saturated heterocycles. The average molecular weight is 1160 g/mol. The van der Waals surface area contributed by atoms with Crippen LogP contribution in [0.4, 0.5) is 11.4 Å². The second-order valence-corrected chi connectivity index (χ2v) is 25.8. The van der Waals surface area contributed by atoms with Crippen LogP contribution in [0.25, 0.3) is 0 Å². The quantitative estimate of drug-likeness (QED) is 0.0182. The van der Waals surface area contributed by atoms with E-state index in [1.807, 2.05) is 79.5 Å². The zero-order valence-corrected chi connectivity index (χ0v) is 45.7. The minimum Gasteiger partial charge on any atom is -0.390 e. The predicted molar refractivity (Wildman–Crippen MR) is 272 cm³/mol. The normalized spacial score (nSPS) is 21.4. The van der Waals surface area contributed by atoms with E-state index in [9.17, 15) is 68.9 Å². The number of hydrogen-bond donors (Lipinski definition) is 9. The number of likely N-dealkylation sites (N-methyl/N-ethyl adjacent to an activating group) is 1. The predicted octanol–water partition coefficient (Wildman–Crippen LogP) is 3.94. The molecule has 0 radical (unpaired) electrons. The Bertz CT molecular complexity index is 3480. The number of phosphoric acid groups is 3. The Morgan fingerprint density at radius 1 is 0.908 bits per heavy atom. The standard InChI is InChI=1S/C45H56N5O21P3S2/c1-6-48-34-24-30(75(62,63)64)18-20-32(34)44(2,3)38(48)15-9-7-10-16-39-45(4,5)33-21-19-31(76(65,66)67)25-35(33)49(39)23-12-8-11-17-40(52)46-22-13-14-29-27-50(43(54)47-42(29)53)41-26-36(51)37(69-41)28-68-73(58,59)71-74(60,61)70-72(55,56)57/h7,9-10,15-16,18-21,24-25,27,36-37,41,51H,6,8,11-12,17,22-23,26,28H2,1-5H3,(H7-,46,47,52,53,54,55,56,57,58,59,60,61,62,63,64,65,66,67)/p+1. The van der Waals surface area contributed by atoms with Gasteiger partial charge in [0.1, 0.15) is 29.3 Å². The van der Waals surface area contributed by atoms with Gasteiger partial charge in [-0.25, -0.2) is 18.5 Å². The first-order valence-electron chi connectivity index (χ1n) is 23.1. The van der Waals surface area contributed by atoms with Gasteiger partial charge < -0.3 is 39.6 Å². The molecule has 5 unspecified atom stereocenters. The fourth-order valence-electron chi connectivity index (χ4n) is 8.99. The molecule has 76 heavy (non-hydrogen) atoms. The number of ether oxygens (including phenoxy) is 1. The highest BCUT2D eigenvalue weighted by molar-refractivity contribution is 7.86. The van der Waals surface area contributed by atoms with Crippen LogP contribution < -0.4 is 21.5 Å². The minimum absolute atomic E-state index is 0.0997. The van der Waals surface area contributed by atoms with Gasteiger partial charge in [-0.3, -0.25) is 32.8 Å². The Kier molecular flexibility index (Phi) is 18.3. The Hall–Kier alpha value is -5.01. The van der Waals surface area contributed by atoms with E-state index in [1.54, 1.807) is 12.1 Å². The third kappa shape index (κ3) is 14.6. The summed E-state index contributed by atoms with van der Waals surface area (Å²) < 4.78 is 123. The van der Waals surface area contributed by atoms with Crippen LogP contribution in [0.1, 0.15) is 89.6 Å². The van der Waals surface area contributed by atoms with Crippen LogP contribution in [0.2, 0.25) is 0 Å². The third-order valence-corrected chi connectivity index (χ3v) is 18.1. The van der Waals surface area contributed by atoms with Crippen molar-refractivity contribution in [2.45, 2.75) is 106 Å². The maximum atomic E-state index is 12.8. The van der Waals surface area contributed by atoms with Crippen molar-refractivity contribution in [3.8, 4) is 11.8 Å². The summed E-state index contributed by atoms with van der Waals surface area (Å²) >= 11 is 0. The summed E-state index contributed by atoms with van der Waals surface area (Å²) in [5, 5.41) is 13.1. The molecule has 2 aromatic carbocycles. The molecule has 414 valence electrons. The van der Waals surface area contributed by atoms with Crippen LogP contribution in [-0.2, 0) is 67.4 Å². The first-order chi connectivity index (χ1) is 35.1. The molecule has 1 amide bonds. The number of aromatic nitrogens is 2. The monoisotopic (exact) mass is 1160 g/mol. The van der Waals surface area contributed by atoms with Gasteiger partial charge in [-0.2, -0.15) is 30.0 Å². The lowest BCUT2D eigenvalue weighted by Crippen LogP contribution is -2.33. The molecule has 1 aromatic heterocycles. The number of aliphatic hydroxyl groups is 1. The number of nitrogens with zero attached hydrogens (tertiary/aromatic N) is 3. The summed E-state index contributed by atoms with van der Waals surface area (Å²) in [6, 6.07) is 8.99. The van der Waals surface area contributed by atoms with Gasteiger partial charge in [0, 0.05) is 66.5 Å². The Morgan fingerprint density at radius 2 is 1.57 bits per heavy atom. The number of carbonyl (C=O) groups is 1. The number of aromatic amines is 1. The number of carbonyl (C=O) groups excluding carboxylic acids is 1. The number of H-pyrrole nitrogens is 1. The molecule has 3 aliphatic heterocycles. The van der Waals surface area contributed by atoms with E-state index in [-0.39, 0.29) is 40.6 Å². The van der Waals surface area contributed by atoms with Gasteiger partial charge in [-0.1, -0.05) is 50.0 Å². The zero-order chi connectivity index (χ0) is 56.4. The van der Waals surface area contributed by atoms with Crippen molar-refractivity contribution >= 4 is 66.7 Å². The number of unbranched alkanes of at least 4 members (excludes halogenated alkanes) is 2. The van der Waals surface area contributed by atoms with Gasteiger partial charge in [0.15, 0.2) is 5.71 Å². The van der Waals surface area contributed by atoms with Crippen LogP contribution in [0, 0.1) is 11.8 Å². The lowest BCUT2D eigenvalue weighted by molar-refractivity contribution is -0.438. The molecule has 3 aliphatic rings. The Balaban J connectivity index is 1.06. The van der Waals surface area contributed by atoms with Crippen molar-refractivity contribution in [2.24, 2.45) is 0 Å². The van der Waals surface area contributed by atoms with Crippen LogP contribution in [0.5, 0.6) is 0 Å². The lowest BCUT2D eigenvalue weighted by Gasteiger charge is -2.25. The van der Waals surface area contributed by atoms with Crippen LogP contribution in [0.3, 0.4) is 0 Å². The first-order valence-corrected chi connectivity index (χ1v) is 30.5. The number of aliphatic hydroxyl groups excluding tert-OH is 1. The molecular weight excluding hydrogens is 1100 g/mol. The van der Waals surface area contributed by atoms with E-state index in [4.69, 9.17) is 14.5 Å². The number of fused-ring (bicyclic) bond motifs is 2. The number of rotatable bonds is 21. The minimum atomic E-state index is -5.81. The molecule has 0 spiro atoms. The van der Waals surface area contributed by atoms with Gasteiger partial charge in [0.05, 0.1) is 29.6 Å². The molecule has 3 aromatic rings. The molecule has 0 aliphatic carbocycles. The third-order valence-electron chi connectivity index (χ3n) is 12.6. The summed E-state index contributed by atoms with van der Waals surface area (Å²) in [7, 11) is -26.0. The van der Waals surface area contributed by atoms with Gasteiger partial charge in [0.25, 0.3) is 25.8 Å². The van der Waals surface area contributed by atoms with E-state index in [2.05, 4.69) is 30.3 Å². The second-order valence-electron chi connectivity index (χ2n) is 18.6. The summed E-state index contributed by atoms with van der Waals surface area (Å²) in [5.74, 6) is 4.80. The molecule has 31 heteroatoms. The van der Waals surface area contributed by atoms with Crippen molar-refractivity contribution in [3.05, 3.63) is 116 Å². The largest absolute Gasteiger partial charge is 0.490 e. The highest BCUT2D eigenvalue weighted by atomic mass is 32.2. The second kappa shape index (κ2) is 23.1. The molecule has 26 nitrogen and oxygen atoms in total. The van der Waals surface area contributed by atoms with Gasteiger partial charge in [-0.05, 0) is 69.5 Å². The smallest absolute Gasteiger partial charge is 0.390 e. The fraction of sp³-hybridized carbons (Fsp3) is 0.422. The van der Waals surface area contributed by atoms with E-state index in [1.165, 1.54) is 24.3 Å². The highest BCUT2D eigenvalue weighted by Crippen LogP contribution is 2.66. The average Bonchev–Trinajstić information content (AvgIpc) is 3.84. The molecule has 6 rings (SSSR count). The number of amides is 1. The Labute approximate surface area is 436 Å². The molecule has 1 fully saturated rings. The lowest BCUT2D eigenvalue weighted by atomic mass is 9.81. The summed E-state index contributed by atoms with van der Waals surface area (Å²) in [6.45, 7) is 9.71. The van der Waals surface area contributed by atoms with Gasteiger partial charge in [-0.15, -0.1) is 0 Å². The molecular formula is C45H57N5O21P3S2+. The number of hydrogen-bond acceptors (Lipinski definition) is 16. The molecule has 0 bridgehead atoms. The Morgan fingerprint density at radius 3 is 2.21 bits per heavy atom. The number of benzene rings is 2. The van der Waals surface area contributed by atoms with Crippen molar-refractivity contribution in [3.63, 3.8) is 0 Å². The molecule has 5 atom stereocenters. The molecule has 9 N–H and O–H groups in total. The first kappa shape index (κ1) is 60.2. The molecule has 0 saturated carbocycles. The van der Waals surface area contributed by atoms with E-state index >= 15 is 0 Å². The van der Waals surface area contributed by atoms with Gasteiger partial charge >= 0.3 is 29.2 Å². The van der Waals surface area contributed by atoms with Crippen molar-refractivity contribution in [1.29, 1.82) is 0 Å². The van der Waals surface area contributed by atoms with Crippen LogP contribution in [0.15, 0.2) is 98.1 Å². The van der Waals surface area contributed by atoms with Crippen LogP contribution in [-0.4, -0.2) is 115 Å². The van der Waals surface area contributed by atoms with Crippen molar-refractivity contribution < 1.29 is 91.6 Å². The summed E-state index contributed by atoms with van der Waals surface area (Å²) in [6.07, 6.45) is 7.51. The topological polar surface area (TPSA) is 388 Å². The summed E-state index contributed by atoms with van der Waals surface area (Å²) in [5.41, 5.74) is 1.50. The van der Waals surface area contributed by atoms with Crippen LogP contribution >= 0.6 is 23.5 Å². The van der Waals surface area contributed by atoms with E-state index in [0.29, 0.717) is 43.7 Å². The van der Waals surface area contributed by atoms with E-state index < -0.39 is 90.8 Å². The number of allylic oxidation sites excluding steroid dienone is 6. The number of phosphoric ester groups is 1. The number of anilines is 1. The maximum Gasteiger partial charge on any atom is 0.490 e. The SMILES string of the molecule is CCN1C(=CC=CC=CC2=[N+](CCCCCC(=O)NCC#Cc3cn(C4CC(O)C(COP(=O)(O)OP(=O)(O)OP(=O)(O)O)O4)c(=O)[nH]c3=O)c3cc(S(=O)(=O)O)ccc3C2(C)C)C(C)(C)c2ccc(S(=O)(=O)O)cc21. The summed E-state index contributed by atoms with van der Waals surface area (Å²) in [4.78, 5) is 78.0. The maximum absolute atomic E-state index is 12.8. The van der Waals surface area contributed by atoms with Crippen molar-refractivity contribution in [2.75, 3.05) is 31.1 Å². The molecule has 4 heterocycles. The fourth-order valence-corrected chi connectivity index (χ4v) is 13.0. The highest BCUT2D eigenvalue weighted by Gasteiger charge is 2.46. The van der Waals surface area contributed by atoms with Gasteiger partial charge in [0.2, 0.25) is 11.6 Å². The number of nitrogens with one attached hydrogen (secondary N) is 2. The van der Waals surface area contributed by atoms with Crippen molar-refractivity contribution in [1.82, 2.24) is 14.9 Å².